The van der Waals surface area contributed by atoms with Crippen molar-refractivity contribution in [3.63, 3.8) is 0 Å². The Kier molecular flexibility index (Phi) is 6.06. The van der Waals surface area contributed by atoms with Gasteiger partial charge in [0, 0.05) is 18.7 Å². The Morgan fingerprint density at radius 3 is 3.21 bits per heavy atom. The zero-order chi connectivity index (χ0) is 16.8. The Morgan fingerprint density at radius 2 is 2.42 bits per heavy atom. The highest BCUT2D eigenvalue weighted by atomic mass is 32.2. The van der Waals surface area contributed by atoms with Crippen LogP contribution in [0.1, 0.15) is 23.2 Å². The standard InChI is InChI=1S/C16H19N3O3S2/c1-21-12-5-2-4-11(8-12)14(20)10-23-16-19-18-15(24-16)17-9-13-6-3-7-22-13/h2,4-5,8,13H,3,6-7,9-10H2,1H3,(H,17,18). The van der Waals surface area contributed by atoms with E-state index in [-0.39, 0.29) is 11.9 Å². The van der Waals surface area contributed by atoms with Gasteiger partial charge in [-0.1, -0.05) is 35.2 Å². The third kappa shape index (κ3) is 4.68. The first kappa shape index (κ1) is 17.2. The van der Waals surface area contributed by atoms with Gasteiger partial charge in [0.1, 0.15) is 5.75 Å². The van der Waals surface area contributed by atoms with Crippen molar-refractivity contribution in [2.24, 2.45) is 0 Å². The molecule has 2 heterocycles. The van der Waals surface area contributed by atoms with Crippen LogP contribution in [0.15, 0.2) is 28.6 Å². The van der Waals surface area contributed by atoms with E-state index in [1.54, 1.807) is 19.2 Å². The zero-order valence-corrected chi connectivity index (χ0v) is 15.0. The minimum absolute atomic E-state index is 0.0444. The normalized spacial score (nSPS) is 17.0. The summed E-state index contributed by atoms with van der Waals surface area (Å²) in [5.41, 5.74) is 0.642. The molecular weight excluding hydrogens is 346 g/mol. The summed E-state index contributed by atoms with van der Waals surface area (Å²) in [6.07, 6.45) is 2.47. The summed E-state index contributed by atoms with van der Waals surface area (Å²) >= 11 is 2.86. The highest BCUT2D eigenvalue weighted by Crippen LogP contribution is 2.27. The van der Waals surface area contributed by atoms with Crippen LogP contribution in [-0.4, -0.2) is 48.1 Å². The number of methoxy groups -OCH3 is 1. The lowest BCUT2D eigenvalue weighted by molar-refractivity contribution is 0.102. The van der Waals surface area contributed by atoms with E-state index in [4.69, 9.17) is 9.47 Å². The first-order chi connectivity index (χ1) is 11.7. The molecule has 0 spiro atoms. The van der Waals surface area contributed by atoms with Gasteiger partial charge in [0.05, 0.1) is 19.0 Å². The molecule has 128 valence electrons. The number of anilines is 1. The summed E-state index contributed by atoms with van der Waals surface area (Å²) in [6, 6.07) is 7.17. The number of aromatic nitrogens is 2. The van der Waals surface area contributed by atoms with Gasteiger partial charge in [-0.2, -0.15) is 0 Å². The summed E-state index contributed by atoms with van der Waals surface area (Å²) in [6.45, 7) is 1.60. The molecule has 1 aromatic heterocycles. The van der Waals surface area contributed by atoms with Crippen LogP contribution < -0.4 is 10.1 Å². The largest absolute Gasteiger partial charge is 0.497 e. The lowest BCUT2D eigenvalue weighted by Gasteiger charge is -2.08. The molecule has 2 aromatic rings. The van der Waals surface area contributed by atoms with E-state index in [2.05, 4.69) is 15.5 Å². The van der Waals surface area contributed by atoms with Crippen LogP contribution in [0.25, 0.3) is 0 Å². The van der Waals surface area contributed by atoms with E-state index < -0.39 is 0 Å². The molecule has 3 rings (SSSR count). The third-order valence-electron chi connectivity index (χ3n) is 3.63. The molecule has 0 aliphatic carbocycles. The number of rotatable bonds is 8. The van der Waals surface area contributed by atoms with Crippen LogP contribution in [0, 0.1) is 0 Å². The first-order valence-electron chi connectivity index (χ1n) is 7.73. The molecule has 1 aliphatic rings. The van der Waals surface area contributed by atoms with Crippen molar-refractivity contribution in [1.82, 2.24) is 10.2 Å². The van der Waals surface area contributed by atoms with E-state index >= 15 is 0 Å². The van der Waals surface area contributed by atoms with Crippen LogP contribution in [0.4, 0.5) is 5.13 Å². The van der Waals surface area contributed by atoms with Crippen LogP contribution in [0.5, 0.6) is 5.75 Å². The fourth-order valence-corrected chi connectivity index (χ4v) is 4.01. The van der Waals surface area contributed by atoms with Crippen molar-refractivity contribution >= 4 is 34.0 Å². The van der Waals surface area contributed by atoms with Crippen LogP contribution >= 0.6 is 23.1 Å². The quantitative estimate of drug-likeness (QED) is 0.569. The van der Waals surface area contributed by atoms with Crippen LogP contribution in [0.2, 0.25) is 0 Å². The number of nitrogens with one attached hydrogen (secondary N) is 1. The summed E-state index contributed by atoms with van der Waals surface area (Å²) in [4.78, 5) is 12.2. The van der Waals surface area contributed by atoms with E-state index in [0.29, 0.717) is 17.1 Å². The molecule has 1 saturated heterocycles. The van der Waals surface area contributed by atoms with E-state index in [1.165, 1.54) is 23.1 Å². The number of benzene rings is 1. The number of ketones is 1. The van der Waals surface area contributed by atoms with E-state index in [0.717, 1.165) is 35.5 Å². The van der Waals surface area contributed by atoms with Crippen molar-refractivity contribution in [1.29, 1.82) is 0 Å². The number of ether oxygens (including phenoxy) is 2. The molecule has 1 N–H and O–H groups in total. The Morgan fingerprint density at radius 1 is 1.50 bits per heavy atom. The molecule has 0 radical (unpaired) electrons. The van der Waals surface area contributed by atoms with Gasteiger partial charge in [-0.25, -0.2) is 0 Å². The fourth-order valence-electron chi connectivity index (χ4n) is 2.35. The van der Waals surface area contributed by atoms with Gasteiger partial charge >= 0.3 is 0 Å². The molecule has 8 heteroatoms. The Bertz CT molecular complexity index is 687. The van der Waals surface area contributed by atoms with E-state index in [1.807, 2.05) is 12.1 Å². The monoisotopic (exact) mass is 365 g/mol. The zero-order valence-electron chi connectivity index (χ0n) is 13.4. The molecule has 0 bridgehead atoms. The molecule has 6 nitrogen and oxygen atoms in total. The fraction of sp³-hybridized carbons (Fsp3) is 0.438. The van der Waals surface area contributed by atoms with Gasteiger partial charge in [-0.15, -0.1) is 10.2 Å². The maximum Gasteiger partial charge on any atom is 0.206 e. The molecule has 1 fully saturated rings. The first-order valence-corrected chi connectivity index (χ1v) is 9.54. The lowest BCUT2D eigenvalue weighted by Crippen LogP contribution is -2.18. The number of carbonyl (C=O) groups excluding carboxylic acids is 1. The van der Waals surface area contributed by atoms with E-state index in [9.17, 15) is 4.79 Å². The second kappa shape index (κ2) is 8.46. The third-order valence-corrected chi connectivity index (χ3v) is 5.64. The highest BCUT2D eigenvalue weighted by Gasteiger charge is 2.16. The average Bonchev–Trinajstić information content (AvgIpc) is 3.29. The second-order valence-corrected chi connectivity index (χ2v) is 7.53. The summed E-state index contributed by atoms with van der Waals surface area (Å²) in [5, 5.41) is 12.2. The van der Waals surface area contributed by atoms with Crippen LogP contribution in [0.3, 0.4) is 0 Å². The van der Waals surface area contributed by atoms with Gasteiger partial charge in [-0.3, -0.25) is 4.79 Å². The number of thioether (sulfide) groups is 1. The molecule has 0 saturated carbocycles. The van der Waals surface area contributed by atoms with Crippen molar-refractivity contribution in [2.75, 3.05) is 31.3 Å². The minimum Gasteiger partial charge on any atom is -0.497 e. The van der Waals surface area contributed by atoms with Gasteiger partial charge in [0.15, 0.2) is 10.1 Å². The molecule has 1 unspecified atom stereocenters. The number of hydrogen-bond donors (Lipinski definition) is 1. The molecule has 1 atom stereocenters. The average molecular weight is 365 g/mol. The molecule has 0 amide bonds. The topological polar surface area (TPSA) is 73.3 Å². The van der Waals surface area contributed by atoms with Crippen molar-refractivity contribution in [3.8, 4) is 5.75 Å². The molecule has 1 aromatic carbocycles. The number of hydrogen-bond acceptors (Lipinski definition) is 8. The molecular formula is C16H19N3O3S2. The Labute approximate surface area is 149 Å². The predicted octanol–water partition coefficient (Wildman–Crippen LogP) is 3.11. The van der Waals surface area contributed by atoms with Gasteiger partial charge < -0.3 is 14.8 Å². The Hall–Kier alpha value is -1.64. The smallest absolute Gasteiger partial charge is 0.206 e. The highest BCUT2D eigenvalue weighted by molar-refractivity contribution is 8.01. The number of Topliss-reactive ketones (excluding diaryl/α,β-unsaturated/α-hetero) is 1. The van der Waals surface area contributed by atoms with Crippen molar-refractivity contribution in [2.45, 2.75) is 23.3 Å². The van der Waals surface area contributed by atoms with Gasteiger partial charge in [-0.05, 0) is 25.0 Å². The summed E-state index contributed by atoms with van der Waals surface area (Å²) in [7, 11) is 1.59. The SMILES string of the molecule is COc1cccc(C(=O)CSc2nnc(NCC3CCCO3)s2)c1. The second-order valence-electron chi connectivity index (χ2n) is 5.33. The summed E-state index contributed by atoms with van der Waals surface area (Å²) < 4.78 is 11.5. The predicted molar refractivity (Wildman–Crippen MR) is 95.4 cm³/mol. The molecule has 24 heavy (non-hydrogen) atoms. The minimum atomic E-state index is 0.0444. The van der Waals surface area contributed by atoms with Gasteiger partial charge in [0.2, 0.25) is 5.13 Å². The van der Waals surface area contributed by atoms with Crippen molar-refractivity contribution < 1.29 is 14.3 Å². The maximum absolute atomic E-state index is 12.2. The molecule has 1 aliphatic heterocycles. The van der Waals surface area contributed by atoms with Crippen molar-refractivity contribution in [3.05, 3.63) is 29.8 Å². The summed E-state index contributed by atoms with van der Waals surface area (Å²) in [5.74, 6) is 1.05. The number of nitrogens with zero attached hydrogens (tertiary/aromatic N) is 2. The maximum atomic E-state index is 12.2. The number of carbonyl (C=O) groups is 1. The lowest BCUT2D eigenvalue weighted by atomic mass is 10.1. The Balaban J connectivity index is 1.48. The van der Waals surface area contributed by atoms with Gasteiger partial charge in [0.25, 0.3) is 0 Å². The van der Waals surface area contributed by atoms with Crippen LogP contribution in [-0.2, 0) is 4.74 Å².